The van der Waals surface area contributed by atoms with Crippen LogP contribution in [-0.4, -0.2) is 18.5 Å². The molecular formula is C16H16ClNO3. The monoisotopic (exact) mass is 305 g/mol. The summed E-state index contributed by atoms with van der Waals surface area (Å²) < 4.78 is 5.12. The SMILES string of the molecule is O=C(Nc1cccc(Cl)c1)C1CC=C[C@@H]2CCOC(=O)[C@H]12. The number of benzene rings is 1. The number of nitrogens with one attached hydrogen (secondary N) is 1. The van der Waals surface area contributed by atoms with E-state index in [2.05, 4.69) is 5.32 Å². The maximum atomic E-state index is 12.5. The molecule has 21 heavy (non-hydrogen) atoms. The molecule has 110 valence electrons. The largest absolute Gasteiger partial charge is 0.465 e. The zero-order valence-corrected chi connectivity index (χ0v) is 12.2. The van der Waals surface area contributed by atoms with E-state index in [0.29, 0.717) is 23.7 Å². The van der Waals surface area contributed by atoms with Crippen molar-refractivity contribution in [3.63, 3.8) is 0 Å². The van der Waals surface area contributed by atoms with Gasteiger partial charge in [0.2, 0.25) is 5.91 Å². The van der Waals surface area contributed by atoms with Crippen LogP contribution in [0.1, 0.15) is 12.8 Å². The van der Waals surface area contributed by atoms with Crippen molar-refractivity contribution in [2.45, 2.75) is 12.8 Å². The van der Waals surface area contributed by atoms with Gasteiger partial charge in [0.1, 0.15) is 0 Å². The van der Waals surface area contributed by atoms with Crippen LogP contribution in [-0.2, 0) is 14.3 Å². The fraction of sp³-hybridized carbons (Fsp3) is 0.375. The first-order valence-electron chi connectivity index (χ1n) is 7.05. The lowest BCUT2D eigenvalue weighted by Crippen LogP contribution is -2.43. The minimum Gasteiger partial charge on any atom is -0.465 e. The number of hydrogen-bond donors (Lipinski definition) is 1. The number of ether oxygens (including phenoxy) is 1. The van der Waals surface area contributed by atoms with Gasteiger partial charge in [-0.2, -0.15) is 0 Å². The number of rotatable bonds is 2. The Hall–Kier alpha value is -1.81. The molecule has 0 spiro atoms. The highest BCUT2D eigenvalue weighted by Crippen LogP contribution is 2.37. The summed E-state index contributed by atoms with van der Waals surface area (Å²) in [5.74, 6) is -1.07. The maximum Gasteiger partial charge on any atom is 0.310 e. The van der Waals surface area contributed by atoms with Gasteiger partial charge in [-0.25, -0.2) is 0 Å². The van der Waals surface area contributed by atoms with Crippen molar-refractivity contribution >= 4 is 29.2 Å². The number of amides is 1. The number of anilines is 1. The average molecular weight is 306 g/mol. The Kier molecular flexibility index (Phi) is 3.97. The van der Waals surface area contributed by atoms with Gasteiger partial charge in [-0.3, -0.25) is 9.59 Å². The lowest BCUT2D eigenvalue weighted by molar-refractivity contribution is -0.160. The van der Waals surface area contributed by atoms with Crippen LogP contribution in [0.4, 0.5) is 5.69 Å². The van der Waals surface area contributed by atoms with Crippen molar-refractivity contribution in [3.05, 3.63) is 41.4 Å². The predicted octanol–water partition coefficient (Wildman–Crippen LogP) is 3.03. The summed E-state index contributed by atoms with van der Waals surface area (Å²) in [6.45, 7) is 0.437. The van der Waals surface area contributed by atoms with Crippen LogP contribution >= 0.6 is 11.6 Å². The molecule has 1 aromatic carbocycles. The fourth-order valence-corrected chi connectivity index (χ4v) is 3.23. The van der Waals surface area contributed by atoms with E-state index >= 15 is 0 Å². The lowest BCUT2D eigenvalue weighted by Gasteiger charge is -2.35. The molecule has 3 rings (SSSR count). The average Bonchev–Trinajstić information content (AvgIpc) is 2.47. The smallest absolute Gasteiger partial charge is 0.310 e. The summed E-state index contributed by atoms with van der Waals surface area (Å²) in [6.07, 6.45) is 5.37. The Morgan fingerprint density at radius 3 is 3.05 bits per heavy atom. The van der Waals surface area contributed by atoms with Gasteiger partial charge in [0, 0.05) is 10.7 Å². The molecule has 1 saturated heterocycles. The number of fused-ring (bicyclic) bond motifs is 1. The summed E-state index contributed by atoms with van der Waals surface area (Å²) >= 11 is 5.91. The Labute approximate surface area is 128 Å². The molecule has 1 N–H and O–H groups in total. The van der Waals surface area contributed by atoms with Crippen molar-refractivity contribution in [2.75, 3.05) is 11.9 Å². The van der Waals surface area contributed by atoms with E-state index in [1.54, 1.807) is 24.3 Å². The molecule has 1 unspecified atom stereocenters. The molecule has 1 fully saturated rings. The highest BCUT2D eigenvalue weighted by atomic mass is 35.5. The van der Waals surface area contributed by atoms with Crippen LogP contribution in [0.5, 0.6) is 0 Å². The number of cyclic esters (lactones) is 1. The van der Waals surface area contributed by atoms with Gasteiger partial charge in [-0.15, -0.1) is 0 Å². The number of carbonyl (C=O) groups is 2. The van der Waals surface area contributed by atoms with Gasteiger partial charge >= 0.3 is 5.97 Å². The van der Waals surface area contributed by atoms with Gasteiger partial charge < -0.3 is 10.1 Å². The van der Waals surface area contributed by atoms with E-state index in [1.165, 1.54) is 0 Å². The molecule has 2 aliphatic rings. The summed E-state index contributed by atoms with van der Waals surface area (Å²) in [6, 6.07) is 6.99. The van der Waals surface area contributed by atoms with Crippen molar-refractivity contribution in [1.29, 1.82) is 0 Å². The second-order valence-corrected chi connectivity index (χ2v) is 5.85. The molecule has 3 atom stereocenters. The molecular weight excluding hydrogens is 290 g/mol. The first-order valence-corrected chi connectivity index (χ1v) is 7.42. The van der Waals surface area contributed by atoms with Gasteiger partial charge in [0.15, 0.2) is 0 Å². The first-order chi connectivity index (χ1) is 10.1. The van der Waals surface area contributed by atoms with Crippen LogP contribution in [0.2, 0.25) is 5.02 Å². The molecule has 0 radical (unpaired) electrons. The summed E-state index contributed by atoms with van der Waals surface area (Å²) in [4.78, 5) is 24.5. The number of carbonyl (C=O) groups excluding carboxylic acids is 2. The highest BCUT2D eigenvalue weighted by molar-refractivity contribution is 6.30. The third kappa shape index (κ3) is 2.95. The molecule has 1 heterocycles. The fourth-order valence-electron chi connectivity index (χ4n) is 3.04. The number of halogens is 1. The molecule has 4 nitrogen and oxygen atoms in total. The zero-order valence-electron chi connectivity index (χ0n) is 11.4. The van der Waals surface area contributed by atoms with Crippen LogP contribution in [0.3, 0.4) is 0 Å². The second kappa shape index (κ2) is 5.90. The zero-order chi connectivity index (χ0) is 14.8. The first kappa shape index (κ1) is 14.1. The molecule has 5 heteroatoms. The number of allylic oxidation sites excluding steroid dienone is 2. The molecule has 1 aliphatic heterocycles. The Balaban J connectivity index is 1.77. The molecule has 1 aromatic rings. The predicted molar refractivity (Wildman–Crippen MR) is 79.9 cm³/mol. The summed E-state index contributed by atoms with van der Waals surface area (Å²) in [5, 5.41) is 3.40. The van der Waals surface area contributed by atoms with E-state index in [4.69, 9.17) is 16.3 Å². The highest BCUT2D eigenvalue weighted by Gasteiger charge is 2.43. The Morgan fingerprint density at radius 2 is 2.24 bits per heavy atom. The van der Waals surface area contributed by atoms with Crippen LogP contribution < -0.4 is 5.32 Å². The summed E-state index contributed by atoms with van der Waals surface area (Å²) in [7, 11) is 0. The second-order valence-electron chi connectivity index (χ2n) is 5.42. The van der Waals surface area contributed by atoms with Gasteiger partial charge in [0.05, 0.1) is 18.4 Å². The quantitative estimate of drug-likeness (QED) is 0.675. The van der Waals surface area contributed by atoms with Crippen molar-refractivity contribution in [2.24, 2.45) is 17.8 Å². The number of hydrogen-bond acceptors (Lipinski definition) is 3. The maximum absolute atomic E-state index is 12.5. The Bertz CT molecular complexity index is 599. The lowest BCUT2D eigenvalue weighted by atomic mass is 9.73. The van der Waals surface area contributed by atoms with E-state index in [1.807, 2.05) is 12.2 Å². The normalized spacial score (nSPS) is 27.7. The van der Waals surface area contributed by atoms with Crippen molar-refractivity contribution in [3.8, 4) is 0 Å². The van der Waals surface area contributed by atoms with E-state index < -0.39 is 0 Å². The summed E-state index contributed by atoms with van der Waals surface area (Å²) in [5.41, 5.74) is 0.641. The standard InChI is InChI=1S/C16H16ClNO3/c17-11-4-2-5-12(9-11)18-15(19)13-6-1-3-10-7-8-21-16(20)14(10)13/h1-5,9-10,13-14H,6-8H2,(H,18,19)/t10-,13?,14+/m1/s1. The van der Waals surface area contributed by atoms with E-state index in [9.17, 15) is 9.59 Å². The van der Waals surface area contributed by atoms with E-state index in [0.717, 1.165) is 6.42 Å². The van der Waals surface area contributed by atoms with Gasteiger partial charge in [-0.05, 0) is 37.0 Å². The third-order valence-corrected chi connectivity index (χ3v) is 4.30. The molecule has 0 bridgehead atoms. The van der Waals surface area contributed by atoms with Gasteiger partial charge in [0.25, 0.3) is 0 Å². The Morgan fingerprint density at radius 1 is 1.38 bits per heavy atom. The van der Waals surface area contributed by atoms with Crippen LogP contribution in [0.25, 0.3) is 0 Å². The van der Waals surface area contributed by atoms with Crippen molar-refractivity contribution < 1.29 is 14.3 Å². The topological polar surface area (TPSA) is 55.4 Å². The molecule has 0 saturated carbocycles. The molecule has 0 aromatic heterocycles. The minimum atomic E-state index is -0.383. The van der Waals surface area contributed by atoms with Crippen LogP contribution in [0, 0.1) is 17.8 Å². The van der Waals surface area contributed by atoms with Crippen LogP contribution in [0.15, 0.2) is 36.4 Å². The minimum absolute atomic E-state index is 0.107. The molecule has 1 aliphatic carbocycles. The van der Waals surface area contributed by atoms with Gasteiger partial charge in [-0.1, -0.05) is 29.8 Å². The molecule has 1 amide bonds. The van der Waals surface area contributed by atoms with Crippen molar-refractivity contribution in [1.82, 2.24) is 0 Å². The van der Waals surface area contributed by atoms with E-state index in [-0.39, 0.29) is 29.6 Å². The third-order valence-electron chi connectivity index (χ3n) is 4.06. The number of esters is 1.